The van der Waals surface area contributed by atoms with E-state index in [2.05, 4.69) is 37.2 Å². The molecular formula is C19H20BrN5S3. The summed E-state index contributed by atoms with van der Waals surface area (Å²) in [5, 5.41) is 8.88. The molecule has 2 aromatic heterocycles. The van der Waals surface area contributed by atoms with E-state index in [-0.39, 0.29) is 0 Å². The molecule has 1 fully saturated rings. The second-order valence-electron chi connectivity index (χ2n) is 6.53. The molecule has 5 nitrogen and oxygen atoms in total. The van der Waals surface area contributed by atoms with Crippen LogP contribution < -0.4 is 5.32 Å². The lowest BCUT2D eigenvalue weighted by atomic mass is 10.2. The van der Waals surface area contributed by atoms with Crippen LogP contribution in [0, 0.1) is 3.95 Å². The maximum absolute atomic E-state index is 5.59. The van der Waals surface area contributed by atoms with E-state index in [4.69, 9.17) is 17.3 Å². The predicted octanol–water partition coefficient (Wildman–Crippen LogP) is 5.54. The van der Waals surface area contributed by atoms with Gasteiger partial charge in [-0.3, -0.25) is 9.88 Å². The predicted molar refractivity (Wildman–Crippen MR) is 124 cm³/mol. The van der Waals surface area contributed by atoms with Crippen LogP contribution in [0.5, 0.6) is 0 Å². The molecule has 1 atom stereocenters. The van der Waals surface area contributed by atoms with Crippen LogP contribution in [-0.2, 0) is 13.2 Å². The van der Waals surface area contributed by atoms with E-state index in [1.165, 1.54) is 23.5 Å². The van der Waals surface area contributed by atoms with Crippen LogP contribution in [0.4, 0.5) is 10.8 Å². The van der Waals surface area contributed by atoms with E-state index in [0.717, 1.165) is 37.2 Å². The summed E-state index contributed by atoms with van der Waals surface area (Å²) < 4.78 is 3.72. The third kappa shape index (κ3) is 5.21. The van der Waals surface area contributed by atoms with Crippen molar-refractivity contribution in [1.82, 2.24) is 19.7 Å². The molecular weight excluding hydrogens is 474 g/mol. The molecule has 3 aromatic rings. The molecule has 4 rings (SSSR count). The fourth-order valence-corrected chi connectivity index (χ4v) is 5.78. The topological polar surface area (TPSA) is 46.0 Å². The largest absolute Gasteiger partial charge is 0.330 e. The quantitative estimate of drug-likeness (QED) is 0.435. The van der Waals surface area contributed by atoms with Gasteiger partial charge in [-0.1, -0.05) is 39.4 Å². The van der Waals surface area contributed by atoms with Gasteiger partial charge in [0.25, 0.3) is 0 Å². The highest BCUT2D eigenvalue weighted by Gasteiger charge is 2.24. The number of thioether (sulfide) groups is 1. The van der Waals surface area contributed by atoms with E-state index in [1.54, 1.807) is 0 Å². The van der Waals surface area contributed by atoms with Gasteiger partial charge < -0.3 is 5.32 Å². The number of halogens is 1. The van der Waals surface area contributed by atoms with Crippen molar-refractivity contribution in [2.75, 3.05) is 16.8 Å². The molecule has 0 bridgehead atoms. The van der Waals surface area contributed by atoms with Crippen molar-refractivity contribution in [3.63, 3.8) is 0 Å². The average molecular weight is 495 g/mol. The summed E-state index contributed by atoms with van der Waals surface area (Å²) >= 11 is 12.6. The molecule has 0 spiro atoms. The zero-order valence-corrected chi connectivity index (χ0v) is 19.2. The first-order valence-corrected chi connectivity index (χ1v) is 12.2. The lowest BCUT2D eigenvalue weighted by Gasteiger charge is -2.27. The monoisotopic (exact) mass is 493 g/mol. The Labute approximate surface area is 186 Å². The van der Waals surface area contributed by atoms with E-state index >= 15 is 0 Å². The van der Waals surface area contributed by atoms with Crippen molar-refractivity contribution in [2.45, 2.75) is 25.7 Å². The standard InChI is InChI=1S/C19H20BrN5S3/c20-14-4-3-6-15(10-14)22-18-23-25(19(26)28-18)13-24(17-7-9-27-12-17)11-16-5-1-2-8-21-16/h1-6,8,10,17H,7,9,11-13H2,(H,22,23)/t17-/m1/s1. The molecule has 0 unspecified atom stereocenters. The second kappa shape index (κ2) is 9.49. The molecule has 0 radical (unpaired) electrons. The molecule has 146 valence electrons. The minimum absolute atomic E-state index is 0.525. The lowest BCUT2D eigenvalue weighted by molar-refractivity contribution is 0.145. The number of pyridine rings is 1. The number of hydrogen-bond donors (Lipinski definition) is 1. The molecule has 1 N–H and O–H groups in total. The fourth-order valence-electron chi connectivity index (χ4n) is 3.11. The molecule has 0 amide bonds. The van der Waals surface area contributed by atoms with E-state index in [1.807, 2.05) is 59.0 Å². The van der Waals surface area contributed by atoms with E-state index in [0.29, 0.717) is 12.7 Å². The first kappa shape index (κ1) is 20.0. The normalized spacial score (nSPS) is 16.6. The van der Waals surface area contributed by atoms with Gasteiger partial charge in [0.2, 0.25) is 5.13 Å². The fraction of sp³-hybridized carbons (Fsp3) is 0.316. The van der Waals surface area contributed by atoms with Crippen LogP contribution in [0.3, 0.4) is 0 Å². The Morgan fingerprint density at radius 1 is 1.29 bits per heavy atom. The average Bonchev–Trinajstić information content (AvgIpc) is 3.33. The van der Waals surface area contributed by atoms with Crippen molar-refractivity contribution < 1.29 is 0 Å². The van der Waals surface area contributed by atoms with Crippen LogP contribution in [0.25, 0.3) is 0 Å². The van der Waals surface area contributed by atoms with E-state index < -0.39 is 0 Å². The summed E-state index contributed by atoms with van der Waals surface area (Å²) in [4.78, 5) is 6.95. The maximum Gasteiger partial charge on any atom is 0.209 e. The molecule has 0 aliphatic carbocycles. The molecule has 0 saturated carbocycles. The Balaban J connectivity index is 1.51. The highest BCUT2D eigenvalue weighted by molar-refractivity contribution is 9.10. The SMILES string of the molecule is S=c1sc(Nc2cccc(Br)c2)nn1CN(Cc1ccccn1)[C@@H]1CCSC1. The van der Waals surface area contributed by atoms with Crippen LogP contribution in [0.2, 0.25) is 0 Å². The number of benzene rings is 1. The summed E-state index contributed by atoms with van der Waals surface area (Å²) in [6.45, 7) is 1.48. The summed E-state index contributed by atoms with van der Waals surface area (Å²) in [7, 11) is 0. The summed E-state index contributed by atoms with van der Waals surface area (Å²) in [6, 6.07) is 14.6. The van der Waals surface area contributed by atoms with Gasteiger partial charge in [-0.05, 0) is 54.7 Å². The summed E-state index contributed by atoms with van der Waals surface area (Å²) in [5.41, 5.74) is 2.07. The van der Waals surface area contributed by atoms with E-state index in [9.17, 15) is 0 Å². The van der Waals surface area contributed by atoms with Crippen molar-refractivity contribution in [3.8, 4) is 0 Å². The van der Waals surface area contributed by atoms with Gasteiger partial charge in [-0.2, -0.15) is 11.8 Å². The molecule has 1 saturated heterocycles. The molecule has 1 aromatic carbocycles. The van der Waals surface area contributed by atoms with Gasteiger partial charge in [0.15, 0.2) is 3.95 Å². The first-order valence-electron chi connectivity index (χ1n) is 8.99. The number of nitrogens with zero attached hydrogens (tertiary/aromatic N) is 4. The molecule has 9 heteroatoms. The van der Waals surface area contributed by atoms with Gasteiger partial charge >= 0.3 is 0 Å². The minimum atomic E-state index is 0.525. The summed E-state index contributed by atoms with van der Waals surface area (Å²) in [6.07, 6.45) is 3.05. The van der Waals surface area contributed by atoms with Crippen LogP contribution in [0.15, 0.2) is 53.1 Å². The van der Waals surface area contributed by atoms with Gasteiger partial charge in [-0.25, -0.2) is 4.68 Å². The Kier molecular flexibility index (Phi) is 6.79. The number of hydrogen-bond acceptors (Lipinski definition) is 7. The second-order valence-corrected chi connectivity index (χ2v) is 10.2. The zero-order chi connectivity index (χ0) is 19.3. The highest BCUT2D eigenvalue weighted by Crippen LogP contribution is 2.26. The van der Waals surface area contributed by atoms with Gasteiger partial charge in [0.1, 0.15) is 0 Å². The maximum atomic E-state index is 5.59. The van der Waals surface area contributed by atoms with Gasteiger partial charge in [0.05, 0.1) is 12.4 Å². The van der Waals surface area contributed by atoms with Crippen molar-refractivity contribution in [3.05, 3.63) is 62.8 Å². The molecule has 3 heterocycles. The lowest BCUT2D eigenvalue weighted by Crippen LogP contribution is -2.37. The smallest absolute Gasteiger partial charge is 0.209 e. The Hall–Kier alpha value is -1.26. The Morgan fingerprint density at radius 3 is 2.96 bits per heavy atom. The van der Waals surface area contributed by atoms with Crippen LogP contribution in [0.1, 0.15) is 12.1 Å². The molecule has 1 aliphatic rings. The van der Waals surface area contributed by atoms with Crippen molar-refractivity contribution >= 4 is 62.1 Å². The third-order valence-corrected chi connectivity index (χ3v) is 7.37. The number of nitrogens with one attached hydrogen (secondary N) is 1. The number of anilines is 2. The minimum Gasteiger partial charge on any atom is -0.330 e. The zero-order valence-electron chi connectivity index (χ0n) is 15.1. The highest BCUT2D eigenvalue weighted by atomic mass is 79.9. The van der Waals surface area contributed by atoms with Gasteiger partial charge in [-0.15, -0.1) is 5.10 Å². The number of rotatable bonds is 7. The first-order chi connectivity index (χ1) is 13.7. The van der Waals surface area contributed by atoms with Crippen molar-refractivity contribution in [1.29, 1.82) is 0 Å². The third-order valence-electron chi connectivity index (χ3n) is 4.51. The van der Waals surface area contributed by atoms with Crippen LogP contribution >= 0.6 is 51.2 Å². The number of aromatic nitrogens is 3. The molecule has 1 aliphatic heterocycles. The van der Waals surface area contributed by atoms with Crippen molar-refractivity contribution in [2.24, 2.45) is 0 Å². The Morgan fingerprint density at radius 2 is 2.21 bits per heavy atom. The van der Waals surface area contributed by atoms with Crippen LogP contribution in [-0.4, -0.2) is 37.2 Å². The van der Waals surface area contributed by atoms with Gasteiger partial charge in [0, 0.05) is 34.7 Å². The molecule has 28 heavy (non-hydrogen) atoms. The Bertz CT molecular complexity index is 969. The summed E-state index contributed by atoms with van der Waals surface area (Å²) in [5.74, 6) is 2.36.